The first-order chi connectivity index (χ1) is 3.80. The van der Waals surface area contributed by atoms with Crippen molar-refractivity contribution < 1.29 is 4.39 Å². The molecule has 0 aromatic carbocycles. The van der Waals surface area contributed by atoms with Gasteiger partial charge in [-0.3, -0.25) is 0 Å². The zero-order valence-corrected chi connectivity index (χ0v) is 4.83. The molecule has 0 spiro atoms. The van der Waals surface area contributed by atoms with Crippen molar-refractivity contribution in [1.29, 1.82) is 0 Å². The van der Waals surface area contributed by atoms with Gasteiger partial charge in [-0.1, -0.05) is 12.2 Å². The maximum atomic E-state index is 12.2. The summed E-state index contributed by atoms with van der Waals surface area (Å²) < 4.78 is 12.3. The molecule has 42 valence electrons. The van der Waals surface area contributed by atoms with Crippen LogP contribution in [0.4, 0.5) is 4.39 Å². The first kappa shape index (κ1) is 5.44. The predicted molar refractivity (Wildman–Crippen MR) is 31.6 cm³/mol. The summed E-state index contributed by atoms with van der Waals surface area (Å²) in [4.78, 5) is 2.54. The number of aromatic nitrogens is 1. The fourth-order valence-corrected chi connectivity index (χ4v) is 0.537. The van der Waals surface area contributed by atoms with E-state index in [0.29, 0.717) is 0 Å². The smallest absolute Gasteiger partial charge is 0.157 e. The zero-order chi connectivity index (χ0) is 5.98. The van der Waals surface area contributed by atoms with Gasteiger partial charge in [0, 0.05) is 6.20 Å². The van der Waals surface area contributed by atoms with Crippen molar-refractivity contribution in [2.75, 3.05) is 0 Å². The van der Waals surface area contributed by atoms with Crippen molar-refractivity contribution >= 4 is 12.2 Å². The third-order valence-corrected chi connectivity index (χ3v) is 1.08. The number of H-pyrrole nitrogens is 1. The number of hydrogen-bond donors (Lipinski definition) is 1. The minimum absolute atomic E-state index is 0.160. The number of halogens is 1. The van der Waals surface area contributed by atoms with Crippen LogP contribution in [-0.2, 0) is 0 Å². The molecular formula is C5H4FNS. The first-order valence-corrected chi connectivity index (χ1v) is 2.55. The number of pyridine rings is 1. The first-order valence-electron chi connectivity index (χ1n) is 2.14. The molecule has 1 nitrogen and oxygen atoms in total. The van der Waals surface area contributed by atoms with Gasteiger partial charge in [0.15, 0.2) is 5.82 Å². The highest BCUT2D eigenvalue weighted by atomic mass is 32.1. The lowest BCUT2D eigenvalue weighted by Gasteiger charge is -1.82. The lowest BCUT2D eigenvalue weighted by atomic mass is 10.5. The second-order valence-corrected chi connectivity index (χ2v) is 1.76. The second-order valence-electron chi connectivity index (χ2n) is 1.35. The Morgan fingerprint density at radius 2 is 2.38 bits per heavy atom. The summed E-state index contributed by atoms with van der Waals surface area (Å²) in [6.07, 6.45) is 1.59. The van der Waals surface area contributed by atoms with E-state index in [1.807, 2.05) is 0 Å². The summed E-state index contributed by atoms with van der Waals surface area (Å²) >= 11 is 4.52. The molecule has 1 aromatic heterocycles. The van der Waals surface area contributed by atoms with E-state index in [9.17, 15) is 4.39 Å². The lowest BCUT2D eigenvalue weighted by molar-refractivity contribution is 0.616. The Bertz CT molecular complexity index is 230. The number of nitrogens with one attached hydrogen (secondary N) is 1. The van der Waals surface area contributed by atoms with E-state index in [1.165, 1.54) is 6.07 Å². The Balaban J connectivity index is 3.35. The van der Waals surface area contributed by atoms with Gasteiger partial charge in [-0.25, -0.2) is 4.39 Å². The molecule has 1 heterocycles. The molecule has 1 N–H and O–H groups in total. The average Bonchev–Trinajstić information content (AvgIpc) is 1.77. The molecule has 0 radical (unpaired) electrons. The van der Waals surface area contributed by atoms with Crippen LogP contribution in [0, 0.1) is 10.5 Å². The number of rotatable bonds is 0. The maximum Gasteiger partial charge on any atom is 0.157 e. The van der Waals surface area contributed by atoms with Crippen molar-refractivity contribution in [1.82, 2.24) is 4.98 Å². The van der Waals surface area contributed by atoms with E-state index in [2.05, 4.69) is 17.2 Å². The van der Waals surface area contributed by atoms with Crippen LogP contribution in [0.25, 0.3) is 0 Å². The molecule has 0 saturated carbocycles. The SMILES string of the molecule is Fc1ccc[nH]c1=S. The molecule has 0 aliphatic carbocycles. The molecule has 0 fully saturated rings. The summed E-state index contributed by atoms with van der Waals surface area (Å²) in [6.45, 7) is 0. The molecule has 0 saturated heterocycles. The molecule has 3 heteroatoms. The quantitative estimate of drug-likeness (QED) is 0.529. The van der Waals surface area contributed by atoms with Crippen molar-refractivity contribution in [3.8, 4) is 0 Å². The van der Waals surface area contributed by atoms with Gasteiger partial charge in [0.25, 0.3) is 0 Å². The van der Waals surface area contributed by atoms with E-state index in [0.717, 1.165) is 0 Å². The van der Waals surface area contributed by atoms with Gasteiger partial charge in [0.2, 0.25) is 0 Å². The van der Waals surface area contributed by atoms with E-state index in [-0.39, 0.29) is 10.5 Å². The van der Waals surface area contributed by atoms with E-state index in [4.69, 9.17) is 0 Å². The minimum Gasteiger partial charge on any atom is -0.350 e. The maximum absolute atomic E-state index is 12.2. The topological polar surface area (TPSA) is 15.8 Å². The fraction of sp³-hybridized carbons (Fsp3) is 0. The van der Waals surface area contributed by atoms with Gasteiger partial charge < -0.3 is 4.98 Å². The van der Waals surface area contributed by atoms with Crippen LogP contribution in [0.5, 0.6) is 0 Å². The van der Waals surface area contributed by atoms with Crippen LogP contribution in [0.2, 0.25) is 0 Å². The predicted octanol–water partition coefficient (Wildman–Crippen LogP) is 1.88. The van der Waals surface area contributed by atoms with Crippen LogP contribution in [-0.4, -0.2) is 4.98 Å². The Hall–Kier alpha value is -0.700. The van der Waals surface area contributed by atoms with Crippen LogP contribution >= 0.6 is 12.2 Å². The zero-order valence-electron chi connectivity index (χ0n) is 4.02. The Kier molecular flexibility index (Phi) is 1.39. The lowest BCUT2D eigenvalue weighted by Crippen LogP contribution is -1.76. The molecule has 0 unspecified atom stereocenters. The fourth-order valence-electron chi connectivity index (χ4n) is 0.401. The van der Waals surface area contributed by atoms with E-state index >= 15 is 0 Å². The van der Waals surface area contributed by atoms with E-state index < -0.39 is 0 Å². The Morgan fingerprint density at radius 3 is 2.75 bits per heavy atom. The number of hydrogen-bond acceptors (Lipinski definition) is 1. The van der Waals surface area contributed by atoms with Gasteiger partial charge >= 0.3 is 0 Å². The monoisotopic (exact) mass is 129 g/mol. The highest BCUT2D eigenvalue weighted by Gasteiger charge is 1.85. The molecule has 1 rings (SSSR count). The van der Waals surface area contributed by atoms with Crippen molar-refractivity contribution in [2.24, 2.45) is 0 Å². The van der Waals surface area contributed by atoms with Crippen LogP contribution in [0.1, 0.15) is 0 Å². The molecule has 0 atom stereocenters. The van der Waals surface area contributed by atoms with Gasteiger partial charge in [-0.15, -0.1) is 0 Å². The largest absolute Gasteiger partial charge is 0.350 e. The van der Waals surface area contributed by atoms with Crippen LogP contribution in [0.3, 0.4) is 0 Å². The second kappa shape index (κ2) is 2.05. The summed E-state index contributed by atoms with van der Waals surface area (Å²) in [5.41, 5.74) is 0. The Labute approximate surface area is 51.2 Å². The summed E-state index contributed by atoms with van der Waals surface area (Å²) in [5.74, 6) is -0.373. The third kappa shape index (κ3) is 0.924. The summed E-state index contributed by atoms with van der Waals surface area (Å²) in [5, 5.41) is 0. The normalized spacial score (nSPS) is 9.12. The highest BCUT2D eigenvalue weighted by Crippen LogP contribution is 1.93. The standard InChI is InChI=1S/C5H4FNS/c6-4-2-1-3-7-5(4)8/h1-3H,(H,7,8). The molecule has 0 aliphatic rings. The highest BCUT2D eigenvalue weighted by molar-refractivity contribution is 7.71. The molecule has 1 aromatic rings. The average molecular weight is 129 g/mol. The van der Waals surface area contributed by atoms with Crippen LogP contribution < -0.4 is 0 Å². The molecule has 0 amide bonds. The van der Waals surface area contributed by atoms with Gasteiger partial charge in [0.1, 0.15) is 4.64 Å². The minimum atomic E-state index is -0.373. The number of aromatic amines is 1. The van der Waals surface area contributed by atoms with Crippen molar-refractivity contribution in [3.05, 3.63) is 28.8 Å². The Morgan fingerprint density at radius 1 is 1.62 bits per heavy atom. The molecular weight excluding hydrogens is 125 g/mol. The van der Waals surface area contributed by atoms with Gasteiger partial charge in [-0.2, -0.15) is 0 Å². The molecule has 0 bridgehead atoms. The summed E-state index contributed by atoms with van der Waals surface area (Å²) in [7, 11) is 0. The third-order valence-electron chi connectivity index (χ3n) is 0.770. The molecule has 8 heavy (non-hydrogen) atoms. The van der Waals surface area contributed by atoms with Gasteiger partial charge in [-0.05, 0) is 12.1 Å². The van der Waals surface area contributed by atoms with Crippen molar-refractivity contribution in [3.63, 3.8) is 0 Å². The summed E-state index contributed by atoms with van der Waals surface area (Å²) in [6, 6.07) is 2.88. The van der Waals surface area contributed by atoms with Crippen LogP contribution in [0.15, 0.2) is 18.3 Å². The molecule has 0 aliphatic heterocycles. The van der Waals surface area contributed by atoms with Gasteiger partial charge in [0.05, 0.1) is 0 Å². The van der Waals surface area contributed by atoms with E-state index in [1.54, 1.807) is 12.3 Å². The van der Waals surface area contributed by atoms with Crippen molar-refractivity contribution in [2.45, 2.75) is 0 Å².